The quantitative estimate of drug-likeness (QED) is 0.745. The van der Waals surface area contributed by atoms with E-state index in [2.05, 4.69) is 21.2 Å². The minimum absolute atomic E-state index is 0.123. The first kappa shape index (κ1) is 10.9. The van der Waals surface area contributed by atoms with E-state index in [-0.39, 0.29) is 17.8 Å². The van der Waals surface area contributed by atoms with Gasteiger partial charge in [0, 0.05) is 0 Å². The summed E-state index contributed by atoms with van der Waals surface area (Å²) in [5.41, 5.74) is 0.294. The van der Waals surface area contributed by atoms with Gasteiger partial charge in [-0.15, -0.1) is 0 Å². The molecule has 0 aliphatic carbocycles. The SMILES string of the molecule is O=C1CN(C(=O)c2ccoc2Br)CC(=O)N1. The average Bonchev–Trinajstić information content (AvgIpc) is 2.62. The van der Waals surface area contributed by atoms with E-state index >= 15 is 0 Å². The van der Waals surface area contributed by atoms with E-state index in [1.54, 1.807) is 0 Å². The van der Waals surface area contributed by atoms with Crippen LogP contribution in [0.4, 0.5) is 0 Å². The third-order valence-corrected chi connectivity index (χ3v) is 2.70. The van der Waals surface area contributed by atoms with Crippen LogP contribution in [0.15, 0.2) is 21.4 Å². The lowest BCUT2D eigenvalue weighted by atomic mass is 10.2. The highest BCUT2D eigenvalue weighted by Crippen LogP contribution is 2.19. The van der Waals surface area contributed by atoms with Gasteiger partial charge in [-0.1, -0.05) is 0 Å². The third-order valence-electron chi connectivity index (χ3n) is 2.08. The molecular formula is C9H7BrN2O4. The summed E-state index contributed by atoms with van der Waals surface area (Å²) in [5, 5.41) is 2.12. The normalized spacial score (nSPS) is 16.2. The summed E-state index contributed by atoms with van der Waals surface area (Å²) in [7, 11) is 0. The highest BCUT2D eigenvalue weighted by molar-refractivity contribution is 9.10. The van der Waals surface area contributed by atoms with Crippen LogP contribution in [0, 0.1) is 0 Å². The second kappa shape index (κ2) is 4.09. The minimum Gasteiger partial charge on any atom is -0.457 e. The molecule has 0 spiro atoms. The second-order valence-electron chi connectivity index (χ2n) is 3.24. The van der Waals surface area contributed by atoms with E-state index < -0.39 is 17.7 Å². The average molecular weight is 287 g/mol. The Balaban J connectivity index is 2.19. The monoisotopic (exact) mass is 286 g/mol. The van der Waals surface area contributed by atoms with E-state index in [0.717, 1.165) is 4.90 Å². The lowest BCUT2D eigenvalue weighted by Crippen LogP contribution is -2.53. The van der Waals surface area contributed by atoms with Crippen molar-refractivity contribution in [1.82, 2.24) is 10.2 Å². The maximum atomic E-state index is 11.9. The fourth-order valence-corrected chi connectivity index (χ4v) is 1.81. The van der Waals surface area contributed by atoms with Crippen molar-refractivity contribution >= 4 is 33.7 Å². The van der Waals surface area contributed by atoms with Gasteiger partial charge in [0.05, 0.1) is 11.8 Å². The maximum absolute atomic E-state index is 11.9. The molecule has 1 saturated heterocycles. The number of rotatable bonds is 1. The number of furan rings is 1. The molecule has 0 atom stereocenters. The molecule has 0 aromatic carbocycles. The number of nitrogens with zero attached hydrogens (tertiary/aromatic N) is 1. The van der Waals surface area contributed by atoms with Crippen molar-refractivity contribution < 1.29 is 18.8 Å². The summed E-state index contributed by atoms with van der Waals surface area (Å²) in [5.74, 6) is -1.38. The van der Waals surface area contributed by atoms with Crippen LogP contribution in [0.1, 0.15) is 10.4 Å². The highest BCUT2D eigenvalue weighted by atomic mass is 79.9. The molecule has 2 rings (SSSR count). The highest BCUT2D eigenvalue weighted by Gasteiger charge is 2.28. The number of piperazine rings is 1. The Bertz CT molecular complexity index is 452. The molecule has 7 heteroatoms. The Morgan fingerprint density at radius 2 is 2.00 bits per heavy atom. The van der Waals surface area contributed by atoms with Gasteiger partial charge in [-0.25, -0.2) is 0 Å². The van der Waals surface area contributed by atoms with Gasteiger partial charge in [-0.05, 0) is 22.0 Å². The molecule has 0 radical (unpaired) electrons. The number of hydrogen-bond donors (Lipinski definition) is 1. The smallest absolute Gasteiger partial charge is 0.259 e. The van der Waals surface area contributed by atoms with Gasteiger partial charge in [0.25, 0.3) is 5.91 Å². The molecule has 1 fully saturated rings. The molecule has 1 aliphatic rings. The van der Waals surface area contributed by atoms with E-state index in [9.17, 15) is 14.4 Å². The predicted octanol–water partition coefficient (Wildman–Crippen LogP) is 0.141. The van der Waals surface area contributed by atoms with Crippen molar-refractivity contribution in [2.45, 2.75) is 0 Å². The summed E-state index contributed by atoms with van der Waals surface area (Å²) < 4.78 is 5.20. The van der Waals surface area contributed by atoms with Gasteiger partial charge >= 0.3 is 0 Å². The Kier molecular flexibility index (Phi) is 2.78. The van der Waals surface area contributed by atoms with Crippen molar-refractivity contribution in [3.63, 3.8) is 0 Å². The van der Waals surface area contributed by atoms with Crippen molar-refractivity contribution in [3.8, 4) is 0 Å². The Labute approximate surface area is 98.7 Å². The van der Waals surface area contributed by atoms with E-state index in [1.165, 1.54) is 12.3 Å². The van der Waals surface area contributed by atoms with Crippen LogP contribution in [0.2, 0.25) is 0 Å². The summed E-state index contributed by atoms with van der Waals surface area (Å²) in [6.45, 7) is -0.246. The molecule has 16 heavy (non-hydrogen) atoms. The van der Waals surface area contributed by atoms with Crippen LogP contribution >= 0.6 is 15.9 Å². The number of imide groups is 1. The van der Waals surface area contributed by atoms with Gasteiger partial charge in [-0.3, -0.25) is 19.7 Å². The number of hydrogen-bond acceptors (Lipinski definition) is 4. The first-order valence-electron chi connectivity index (χ1n) is 4.43. The molecule has 6 nitrogen and oxygen atoms in total. The van der Waals surface area contributed by atoms with Crippen LogP contribution in [0.5, 0.6) is 0 Å². The van der Waals surface area contributed by atoms with Gasteiger partial charge in [-0.2, -0.15) is 0 Å². The number of amides is 3. The summed E-state index contributed by atoms with van der Waals surface area (Å²) in [6, 6.07) is 1.48. The lowest BCUT2D eigenvalue weighted by Gasteiger charge is -2.24. The molecular weight excluding hydrogens is 280 g/mol. The van der Waals surface area contributed by atoms with E-state index in [1.807, 2.05) is 0 Å². The number of halogens is 1. The van der Waals surface area contributed by atoms with E-state index in [4.69, 9.17) is 4.42 Å². The van der Waals surface area contributed by atoms with Crippen molar-refractivity contribution in [2.24, 2.45) is 0 Å². The first-order chi connectivity index (χ1) is 7.58. The molecule has 3 amide bonds. The van der Waals surface area contributed by atoms with E-state index in [0.29, 0.717) is 5.56 Å². The molecule has 84 valence electrons. The number of carbonyl (C=O) groups excluding carboxylic acids is 3. The maximum Gasteiger partial charge on any atom is 0.259 e. The van der Waals surface area contributed by atoms with Crippen LogP contribution < -0.4 is 5.32 Å². The Morgan fingerprint density at radius 1 is 1.38 bits per heavy atom. The molecule has 1 N–H and O–H groups in total. The van der Waals surface area contributed by atoms with Crippen LogP contribution in [0.25, 0.3) is 0 Å². The first-order valence-corrected chi connectivity index (χ1v) is 5.22. The van der Waals surface area contributed by atoms with Gasteiger partial charge < -0.3 is 9.32 Å². The molecule has 0 bridgehead atoms. The van der Waals surface area contributed by atoms with Crippen molar-refractivity contribution in [3.05, 3.63) is 22.6 Å². The molecule has 1 aliphatic heterocycles. The number of carbonyl (C=O) groups is 3. The van der Waals surface area contributed by atoms with Crippen LogP contribution in [-0.2, 0) is 9.59 Å². The van der Waals surface area contributed by atoms with Gasteiger partial charge in [0.15, 0.2) is 4.67 Å². The summed E-state index contributed by atoms with van der Waals surface area (Å²) >= 11 is 3.06. The number of nitrogens with one attached hydrogen (secondary N) is 1. The van der Waals surface area contributed by atoms with Crippen molar-refractivity contribution in [1.29, 1.82) is 0 Å². The molecule has 1 aromatic heterocycles. The zero-order valence-electron chi connectivity index (χ0n) is 8.03. The summed E-state index contributed by atoms with van der Waals surface area (Å²) in [6.07, 6.45) is 1.35. The molecule has 2 heterocycles. The standard InChI is InChI=1S/C9H7BrN2O4/c10-8-5(1-2-16-8)9(15)12-3-6(13)11-7(14)4-12/h1-2H,3-4H2,(H,11,13,14). The second-order valence-corrected chi connectivity index (χ2v) is 3.96. The van der Waals surface area contributed by atoms with Gasteiger partial charge in [0.2, 0.25) is 11.8 Å². The van der Waals surface area contributed by atoms with Crippen LogP contribution in [-0.4, -0.2) is 35.7 Å². The van der Waals surface area contributed by atoms with Crippen molar-refractivity contribution in [2.75, 3.05) is 13.1 Å². The topological polar surface area (TPSA) is 79.6 Å². The Hall–Kier alpha value is -1.63. The minimum atomic E-state index is -0.482. The zero-order valence-corrected chi connectivity index (χ0v) is 9.61. The fraction of sp³-hybridized carbons (Fsp3) is 0.222. The Morgan fingerprint density at radius 3 is 2.50 bits per heavy atom. The summed E-state index contributed by atoms with van der Waals surface area (Å²) in [4.78, 5) is 35.2. The largest absolute Gasteiger partial charge is 0.457 e. The van der Waals surface area contributed by atoms with Gasteiger partial charge in [0.1, 0.15) is 13.1 Å². The lowest BCUT2D eigenvalue weighted by molar-refractivity contribution is -0.135. The third kappa shape index (κ3) is 1.99. The molecule has 0 saturated carbocycles. The molecule has 1 aromatic rings. The molecule has 0 unspecified atom stereocenters. The fourth-order valence-electron chi connectivity index (χ4n) is 1.40. The zero-order chi connectivity index (χ0) is 11.7. The predicted molar refractivity (Wildman–Crippen MR) is 55.5 cm³/mol. The van der Waals surface area contributed by atoms with Crippen LogP contribution in [0.3, 0.4) is 0 Å².